The molecule has 0 unspecified atom stereocenters. The first-order chi connectivity index (χ1) is 16.8. The van der Waals surface area contributed by atoms with Crippen molar-refractivity contribution in [2.45, 2.75) is 43.1 Å². The molecule has 2 aromatic carbocycles. The van der Waals surface area contributed by atoms with Gasteiger partial charge in [-0.2, -0.15) is 0 Å². The monoisotopic (exact) mass is 453 g/mol. The van der Waals surface area contributed by atoms with Crippen LogP contribution in [0.15, 0.2) is 71.4 Å². The zero-order chi connectivity index (χ0) is 22.4. The fraction of sp³-hybridized carbons (Fsp3) is 0.429. The summed E-state index contributed by atoms with van der Waals surface area (Å²) in [5, 5.41) is 4.49. The Labute approximate surface area is 198 Å². The molecule has 5 aliphatic heterocycles. The number of carbonyl (C=O) groups excluding carboxylic acids is 1. The minimum atomic E-state index is -0.331. The quantitative estimate of drug-likeness (QED) is 0.529. The number of benzene rings is 2. The first kappa shape index (κ1) is 19.4. The molecule has 3 saturated heterocycles. The lowest BCUT2D eigenvalue weighted by atomic mass is 9.53. The van der Waals surface area contributed by atoms with Gasteiger partial charge in [-0.05, 0) is 42.5 Å². The molecule has 6 heteroatoms. The Morgan fingerprint density at radius 2 is 1.97 bits per heavy atom. The van der Waals surface area contributed by atoms with E-state index in [4.69, 9.17) is 9.57 Å². The summed E-state index contributed by atoms with van der Waals surface area (Å²) in [6.45, 7) is 3.00. The molecule has 1 saturated carbocycles. The maximum atomic E-state index is 14.1. The number of rotatable bonds is 3. The Hall–Kier alpha value is -2.96. The third-order valence-corrected chi connectivity index (χ3v) is 9.40. The molecule has 0 N–H and O–H groups in total. The van der Waals surface area contributed by atoms with Crippen molar-refractivity contribution in [2.24, 2.45) is 17.0 Å². The summed E-state index contributed by atoms with van der Waals surface area (Å²) in [6, 6.07) is 19.2. The van der Waals surface area contributed by atoms with Crippen molar-refractivity contribution in [1.29, 1.82) is 0 Å². The van der Waals surface area contributed by atoms with Crippen molar-refractivity contribution in [3.8, 4) is 0 Å². The number of carbonyl (C=O) groups is 1. The average Bonchev–Trinajstić information content (AvgIpc) is 3.33. The van der Waals surface area contributed by atoms with Crippen LogP contribution in [0.25, 0.3) is 0 Å². The Morgan fingerprint density at radius 3 is 2.88 bits per heavy atom. The van der Waals surface area contributed by atoms with E-state index in [9.17, 15) is 4.79 Å². The molecule has 34 heavy (non-hydrogen) atoms. The number of para-hydroxylation sites is 1. The summed E-state index contributed by atoms with van der Waals surface area (Å²) < 4.78 is 6.45. The van der Waals surface area contributed by atoms with Crippen molar-refractivity contribution in [1.82, 2.24) is 4.90 Å². The van der Waals surface area contributed by atoms with Gasteiger partial charge in [0, 0.05) is 29.6 Å². The number of anilines is 1. The first-order valence-corrected chi connectivity index (χ1v) is 12.5. The van der Waals surface area contributed by atoms with E-state index in [2.05, 4.69) is 45.3 Å². The molecule has 4 fully saturated rings. The van der Waals surface area contributed by atoms with Crippen molar-refractivity contribution in [3.05, 3.63) is 77.4 Å². The number of hydrogen-bond donors (Lipinski definition) is 0. The Balaban J connectivity index is 1.28. The van der Waals surface area contributed by atoms with E-state index >= 15 is 0 Å². The minimum absolute atomic E-state index is 0.0126. The highest BCUT2D eigenvalue weighted by atomic mass is 16.6. The molecule has 2 aromatic rings. The van der Waals surface area contributed by atoms with Crippen LogP contribution in [0, 0.1) is 11.8 Å². The molecule has 6 nitrogen and oxygen atoms in total. The molecule has 1 amide bonds. The van der Waals surface area contributed by atoms with Gasteiger partial charge < -0.3 is 14.5 Å². The van der Waals surface area contributed by atoms with Gasteiger partial charge in [0.05, 0.1) is 12.6 Å². The van der Waals surface area contributed by atoms with E-state index in [1.165, 1.54) is 11.1 Å². The van der Waals surface area contributed by atoms with Crippen LogP contribution in [0.2, 0.25) is 0 Å². The number of amides is 1. The SMILES string of the molecule is O=C1/C(=N/OCc2ccccc2)[C@@H]2OCC=C3CN4CC[C@]56c7ccccc7N1[C@H]5[C@H]2[C@H]3C[C@H]46. The molecule has 0 aromatic heterocycles. The van der Waals surface area contributed by atoms with E-state index in [1.54, 1.807) is 0 Å². The van der Waals surface area contributed by atoms with Gasteiger partial charge in [0.15, 0.2) is 5.71 Å². The molecular formula is C28H27N3O3. The average molecular weight is 454 g/mol. The second kappa shape index (κ2) is 6.80. The van der Waals surface area contributed by atoms with E-state index in [-0.39, 0.29) is 29.4 Å². The molecule has 1 spiro atoms. The zero-order valence-electron chi connectivity index (χ0n) is 19.0. The van der Waals surface area contributed by atoms with Crippen molar-refractivity contribution in [2.75, 3.05) is 24.6 Å². The molecule has 1 aliphatic carbocycles. The van der Waals surface area contributed by atoms with E-state index in [0.29, 0.717) is 30.9 Å². The summed E-state index contributed by atoms with van der Waals surface area (Å²) >= 11 is 0. The van der Waals surface area contributed by atoms with Crippen molar-refractivity contribution in [3.63, 3.8) is 0 Å². The topological polar surface area (TPSA) is 54.4 Å². The van der Waals surface area contributed by atoms with Crippen LogP contribution in [-0.2, 0) is 26.4 Å². The smallest absolute Gasteiger partial charge is 0.279 e. The van der Waals surface area contributed by atoms with Gasteiger partial charge in [-0.3, -0.25) is 9.69 Å². The molecule has 172 valence electrons. The predicted octanol–water partition coefficient (Wildman–Crippen LogP) is 3.28. The number of ether oxygens (including phenoxy) is 1. The van der Waals surface area contributed by atoms with E-state index in [1.807, 2.05) is 30.3 Å². The van der Waals surface area contributed by atoms with Crippen molar-refractivity contribution < 1.29 is 14.4 Å². The largest absolute Gasteiger partial charge is 0.390 e. The highest BCUT2D eigenvalue weighted by Crippen LogP contribution is 2.65. The molecule has 8 rings (SSSR count). The first-order valence-electron chi connectivity index (χ1n) is 12.5. The maximum Gasteiger partial charge on any atom is 0.279 e. The highest BCUT2D eigenvalue weighted by Gasteiger charge is 2.72. The van der Waals surface area contributed by atoms with Gasteiger partial charge in [-0.15, -0.1) is 0 Å². The fourth-order valence-electron chi connectivity index (χ4n) is 8.23. The summed E-state index contributed by atoms with van der Waals surface area (Å²) in [4.78, 5) is 24.7. The number of piperidine rings is 2. The molecule has 6 atom stereocenters. The van der Waals surface area contributed by atoms with Gasteiger partial charge in [0.25, 0.3) is 5.91 Å². The van der Waals surface area contributed by atoms with Crippen LogP contribution in [0.3, 0.4) is 0 Å². The summed E-state index contributed by atoms with van der Waals surface area (Å²) in [6.07, 6.45) is 4.19. The molecule has 0 radical (unpaired) electrons. The summed E-state index contributed by atoms with van der Waals surface area (Å²) in [7, 11) is 0. The Morgan fingerprint density at radius 1 is 1.12 bits per heavy atom. The normalized spacial score (nSPS) is 37.9. The molecule has 2 bridgehead atoms. The standard InChI is InChI=1S/C28H27N3O3/c32-27-24(29-34-16-17-6-2-1-3-7-17)25-23-19-14-22-28(11-12-30(22)15-18(19)10-13-33-25)20-8-4-5-9-21(20)31(27)26(23)28/h1-10,19,22-23,25-26H,11-16H2/b29-24+/t19-,22-,23-,25+,26-,28+/m0/s1. The molecule has 5 heterocycles. The number of hydrogen-bond acceptors (Lipinski definition) is 5. The zero-order valence-corrected chi connectivity index (χ0v) is 19.0. The minimum Gasteiger partial charge on any atom is -0.390 e. The van der Waals surface area contributed by atoms with Crippen LogP contribution >= 0.6 is 0 Å². The van der Waals surface area contributed by atoms with Gasteiger partial charge in [0.1, 0.15) is 12.7 Å². The third-order valence-electron chi connectivity index (χ3n) is 9.40. The lowest BCUT2D eigenvalue weighted by Crippen LogP contribution is -2.71. The lowest BCUT2D eigenvalue weighted by molar-refractivity contribution is -0.118. The molecule has 6 aliphatic rings. The van der Waals surface area contributed by atoms with Crippen LogP contribution in [0.1, 0.15) is 24.0 Å². The molecular weight excluding hydrogens is 426 g/mol. The number of fused-ring (bicyclic) bond motifs is 2. The highest BCUT2D eigenvalue weighted by molar-refractivity contribution is 6.46. The second-order valence-electron chi connectivity index (χ2n) is 10.6. The Bertz CT molecular complexity index is 1260. The van der Waals surface area contributed by atoms with E-state index in [0.717, 1.165) is 37.2 Å². The van der Waals surface area contributed by atoms with E-state index < -0.39 is 0 Å². The third kappa shape index (κ3) is 2.28. The van der Waals surface area contributed by atoms with Crippen LogP contribution < -0.4 is 4.90 Å². The second-order valence-corrected chi connectivity index (χ2v) is 10.6. The summed E-state index contributed by atoms with van der Waals surface area (Å²) in [5.74, 6) is 0.578. The van der Waals surface area contributed by atoms with Crippen LogP contribution in [-0.4, -0.2) is 54.4 Å². The van der Waals surface area contributed by atoms with Gasteiger partial charge in [-0.1, -0.05) is 65.3 Å². The van der Waals surface area contributed by atoms with Gasteiger partial charge in [0.2, 0.25) is 0 Å². The van der Waals surface area contributed by atoms with Crippen LogP contribution in [0.4, 0.5) is 5.69 Å². The lowest BCUT2D eigenvalue weighted by Gasteiger charge is -2.58. The summed E-state index contributed by atoms with van der Waals surface area (Å²) in [5.41, 5.74) is 5.35. The predicted molar refractivity (Wildman–Crippen MR) is 127 cm³/mol. The maximum absolute atomic E-state index is 14.1. The number of oxime groups is 1. The number of nitrogens with zero attached hydrogens (tertiary/aromatic N) is 3. The van der Waals surface area contributed by atoms with Gasteiger partial charge >= 0.3 is 0 Å². The Kier molecular flexibility index (Phi) is 3.87. The van der Waals surface area contributed by atoms with Gasteiger partial charge in [-0.25, -0.2) is 0 Å². The van der Waals surface area contributed by atoms with Crippen LogP contribution in [0.5, 0.6) is 0 Å². The fourth-order valence-corrected chi connectivity index (χ4v) is 8.23. The van der Waals surface area contributed by atoms with Crippen molar-refractivity contribution >= 4 is 17.3 Å².